The van der Waals surface area contributed by atoms with Crippen LogP contribution in [0.5, 0.6) is 5.88 Å². The molecule has 0 unspecified atom stereocenters. The van der Waals surface area contributed by atoms with Crippen molar-refractivity contribution in [1.82, 2.24) is 4.98 Å². The summed E-state index contributed by atoms with van der Waals surface area (Å²) in [5, 5.41) is 0. The first-order chi connectivity index (χ1) is 6.76. The number of rotatable bonds is 5. The summed E-state index contributed by atoms with van der Waals surface area (Å²) in [6.45, 7) is 1.88. The molecule has 3 heteroatoms. The maximum atomic E-state index is 11.1. The minimum Gasteiger partial charge on any atom is -0.481 e. The van der Waals surface area contributed by atoms with Crippen molar-refractivity contribution >= 4 is 5.78 Å². The van der Waals surface area contributed by atoms with Crippen molar-refractivity contribution in [3.63, 3.8) is 0 Å². The Balaban J connectivity index is 2.54. The highest BCUT2D eigenvalue weighted by Crippen LogP contribution is 2.08. The van der Waals surface area contributed by atoms with Crippen molar-refractivity contribution in [1.29, 1.82) is 0 Å². The lowest BCUT2D eigenvalue weighted by Crippen LogP contribution is -2.00. The van der Waals surface area contributed by atoms with Gasteiger partial charge in [-0.25, -0.2) is 4.98 Å². The van der Waals surface area contributed by atoms with Crippen LogP contribution in [0.1, 0.15) is 25.5 Å². The molecule has 1 aromatic heterocycles. The van der Waals surface area contributed by atoms with Gasteiger partial charge in [0.25, 0.3) is 0 Å². The lowest BCUT2D eigenvalue weighted by molar-refractivity contribution is -0.118. The fraction of sp³-hybridized carbons (Fsp3) is 0.455. The topological polar surface area (TPSA) is 39.2 Å². The minimum absolute atomic E-state index is 0.273. The summed E-state index contributed by atoms with van der Waals surface area (Å²) in [5.74, 6) is 0.876. The van der Waals surface area contributed by atoms with Gasteiger partial charge in [-0.1, -0.05) is 13.0 Å². The Kier molecular flexibility index (Phi) is 4.11. The van der Waals surface area contributed by atoms with Gasteiger partial charge in [-0.2, -0.15) is 0 Å². The molecule has 1 heterocycles. The van der Waals surface area contributed by atoms with Crippen LogP contribution in [-0.2, 0) is 11.2 Å². The second kappa shape index (κ2) is 5.37. The fourth-order valence-corrected chi connectivity index (χ4v) is 1.15. The van der Waals surface area contributed by atoms with Gasteiger partial charge in [-0.05, 0) is 12.5 Å². The van der Waals surface area contributed by atoms with Crippen LogP contribution in [0.4, 0.5) is 0 Å². The van der Waals surface area contributed by atoms with E-state index < -0.39 is 0 Å². The molecule has 76 valence electrons. The summed E-state index contributed by atoms with van der Waals surface area (Å²) in [5.41, 5.74) is 0.908. The van der Waals surface area contributed by atoms with Crippen LogP contribution >= 0.6 is 0 Å². The molecule has 0 atom stereocenters. The molecule has 0 radical (unpaired) electrons. The summed E-state index contributed by atoms with van der Waals surface area (Å²) in [6, 6.07) is 5.59. The second-order valence-corrected chi connectivity index (χ2v) is 3.06. The average molecular weight is 193 g/mol. The van der Waals surface area contributed by atoms with Gasteiger partial charge in [0.05, 0.1) is 7.11 Å². The molecule has 1 aromatic rings. The number of methoxy groups -OCH3 is 1. The highest BCUT2D eigenvalue weighted by atomic mass is 16.5. The minimum atomic E-state index is 0.273. The quantitative estimate of drug-likeness (QED) is 0.718. The second-order valence-electron chi connectivity index (χ2n) is 3.06. The zero-order chi connectivity index (χ0) is 10.4. The van der Waals surface area contributed by atoms with Crippen LogP contribution in [0.15, 0.2) is 18.2 Å². The van der Waals surface area contributed by atoms with Crippen molar-refractivity contribution in [2.45, 2.75) is 26.2 Å². The SMILES string of the molecule is CCC(=O)CCc1cccc(OC)n1. The van der Waals surface area contributed by atoms with E-state index in [1.807, 2.05) is 19.1 Å². The average Bonchev–Trinajstić information content (AvgIpc) is 2.26. The first-order valence-corrected chi connectivity index (χ1v) is 4.78. The lowest BCUT2D eigenvalue weighted by atomic mass is 10.1. The normalized spacial score (nSPS) is 9.86. The standard InChI is InChI=1S/C11H15NO2/c1-3-10(13)8-7-9-5-4-6-11(12-9)14-2/h4-6H,3,7-8H2,1-2H3. The molecule has 0 aliphatic carbocycles. The molecular formula is C11H15NO2. The highest BCUT2D eigenvalue weighted by Gasteiger charge is 2.01. The van der Waals surface area contributed by atoms with E-state index in [4.69, 9.17) is 4.74 Å². The van der Waals surface area contributed by atoms with Crippen molar-refractivity contribution < 1.29 is 9.53 Å². The molecule has 0 bridgehead atoms. The number of nitrogens with zero attached hydrogens (tertiary/aromatic N) is 1. The Morgan fingerprint density at radius 1 is 1.50 bits per heavy atom. The first-order valence-electron chi connectivity index (χ1n) is 4.78. The number of ether oxygens (including phenoxy) is 1. The van der Waals surface area contributed by atoms with Crippen LogP contribution < -0.4 is 4.74 Å². The van der Waals surface area contributed by atoms with Gasteiger partial charge in [-0.3, -0.25) is 4.79 Å². The molecule has 0 amide bonds. The van der Waals surface area contributed by atoms with Crippen molar-refractivity contribution in [3.8, 4) is 5.88 Å². The maximum absolute atomic E-state index is 11.1. The Bertz CT molecular complexity index is 310. The van der Waals surface area contributed by atoms with Gasteiger partial charge in [-0.15, -0.1) is 0 Å². The molecule has 0 aliphatic rings. The predicted octanol–water partition coefficient (Wildman–Crippen LogP) is 2.00. The monoisotopic (exact) mass is 193 g/mol. The molecule has 0 saturated heterocycles. The number of aromatic nitrogens is 1. The van der Waals surface area contributed by atoms with E-state index in [9.17, 15) is 4.79 Å². The molecular weight excluding hydrogens is 178 g/mol. The fourth-order valence-electron chi connectivity index (χ4n) is 1.15. The number of Topliss-reactive ketones (excluding diaryl/α,β-unsaturated/α-hetero) is 1. The van der Waals surface area contributed by atoms with Crippen LogP contribution in [0.25, 0.3) is 0 Å². The van der Waals surface area contributed by atoms with Crippen molar-refractivity contribution in [2.75, 3.05) is 7.11 Å². The van der Waals surface area contributed by atoms with E-state index in [0.29, 0.717) is 25.1 Å². The van der Waals surface area contributed by atoms with Crippen LogP contribution in [0.2, 0.25) is 0 Å². The molecule has 0 spiro atoms. The summed E-state index contributed by atoms with van der Waals surface area (Å²) < 4.78 is 4.99. The van der Waals surface area contributed by atoms with Gasteiger partial charge >= 0.3 is 0 Å². The third kappa shape index (κ3) is 3.17. The number of hydrogen-bond acceptors (Lipinski definition) is 3. The largest absolute Gasteiger partial charge is 0.481 e. The predicted molar refractivity (Wildman–Crippen MR) is 54.4 cm³/mol. The lowest BCUT2D eigenvalue weighted by Gasteiger charge is -2.02. The van der Waals surface area contributed by atoms with E-state index >= 15 is 0 Å². The summed E-state index contributed by atoms with van der Waals surface area (Å²) in [6.07, 6.45) is 1.87. The van der Waals surface area contributed by atoms with Crippen molar-refractivity contribution in [2.24, 2.45) is 0 Å². The molecule has 0 saturated carbocycles. The Morgan fingerprint density at radius 2 is 2.29 bits per heavy atom. The van der Waals surface area contributed by atoms with Gasteiger partial charge in [0.2, 0.25) is 5.88 Å². The van der Waals surface area contributed by atoms with E-state index in [-0.39, 0.29) is 5.78 Å². The maximum Gasteiger partial charge on any atom is 0.213 e. The van der Waals surface area contributed by atoms with Gasteiger partial charge in [0.15, 0.2) is 0 Å². The molecule has 1 rings (SSSR count). The summed E-state index contributed by atoms with van der Waals surface area (Å²) in [7, 11) is 1.59. The third-order valence-corrected chi connectivity index (χ3v) is 2.04. The molecule has 14 heavy (non-hydrogen) atoms. The van der Waals surface area contributed by atoms with E-state index in [1.165, 1.54) is 0 Å². The highest BCUT2D eigenvalue weighted by molar-refractivity contribution is 5.78. The number of aryl methyl sites for hydroxylation is 1. The molecule has 0 N–H and O–H groups in total. The van der Waals surface area contributed by atoms with Crippen LogP contribution in [0.3, 0.4) is 0 Å². The summed E-state index contributed by atoms with van der Waals surface area (Å²) >= 11 is 0. The molecule has 0 aromatic carbocycles. The molecule has 0 fully saturated rings. The van der Waals surface area contributed by atoms with E-state index in [0.717, 1.165) is 5.69 Å². The third-order valence-electron chi connectivity index (χ3n) is 2.04. The number of pyridine rings is 1. The van der Waals surface area contributed by atoms with Crippen molar-refractivity contribution in [3.05, 3.63) is 23.9 Å². The zero-order valence-corrected chi connectivity index (χ0v) is 8.62. The number of carbonyl (C=O) groups excluding carboxylic acids is 1. The van der Waals surface area contributed by atoms with E-state index in [1.54, 1.807) is 13.2 Å². The van der Waals surface area contributed by atoms with Gasteiger partial charge in [0, 0.05) is 24.6 Å². The number of hydrogen-bond donors (Lipinski definition) is 0. The molecule has 0 aliphatic heterocycles. The first kappa shape index (κ1) is 10.7. The molecule has 3 nitrogen and oxygen atoms in total. The van der Waals surface area contributed by atoms with Gasteiger partial charge in [0.1, 0.15) is 5.78 Å². The Labute approximate surface area is 84.1 Å². The Hall–Kier alpha value is -1.38. The Morgan fingerprint density at radius 3 is 2.93 bits per heavy atom. The van der Waals surface area contributed by atoms with Crippen LogP contribution in [0, 0.1) is 0 Å². The number of carbonyl (C=O) groups is 1. The summed E-state index contributed by atoms with van der Waals surface area (Å²) in [4.78, 5) is 15.3. The zero-order valence-electron chi connectivity index (χ0n) is 8.62. The van der Waals surface area contributed by atoms with Gasteiger partial charge < -0.3 is 4.74 Å². The van der Waals surface area contributed by atoms with Crippen LogP contribution in [-0.4, -0.2) is 17.9 Å². The van der Waals surface area contributed by atoms with E-state index in [2.05, 4.69) is 4.98 Å². The number of ketones is 1. The smallest absolute Gasteiger partial charge is 0.213 e.